The topological polar surface area (TPSA) is 59.6 Å². The summed E-state index contributed by atoms with van der Waals surface area (Å²) >= 11 is 0. The summed E-state index contributed by atoms with van der Waals surface area (Å²) in [6, 6.07) is 5.92. The molecule has 5 heteroatoms. The summed E-state index contributed by atoms with van der Waals surface area (Å²) in [5.74, 6) is 0.830. The molecule has 5 nitrogen and oxygen atoms in total. The van der Waals surface area contributed by atoms with E-state index in [2.05, 4.69) is 10.6 Å². The molecule has 1 amide bonds. The molecule has 0 saturated carbocycles. The van der Waals surface area contributed by atoms with E-state index in [4.69, 9.17) is 9.47 Å². The number of hydrogen-bond donors (Lipinski definition) is 2. The fraction of sp³-hybridized carbons (Fsp3) is 0.533. The zero-order valence-electron chi connectivity index (χ0n) is 12.5. The van der Waals surface area contributed by atoms with Crippen molar-refractivity contribution < 1.29 is 14.3 Å². The van der Waals surface area contributed by atoms with Crippen LogP contribution in [-0.4, -0.2) is 39.8 Å². The van der Waals surface area contributed by atoms with Crippen molar-refractivity contribution in [3.63, 3.8) is 0 Å². The van der Waals surface area contributed by atoms with Crippen molar-refractivity contribution in [3.05, 3.63) is 23.8 Å². The number of amides is 1. The number of carbonyl (C=O) groups excluding carboxylic acids is 1. The standard InChI is InChI=1S/C15H24N2O3/c1-12-5-6-14(20-3)13(11-12)16-9-7-15(18)17-8-4-10-19-2/h5-6,11,16H,4,7-10H2,1-3H3,(H,17,18). The number of rotatable bonds is 9. The van der Waals surface area contributed by atoms with Crippen LogP contribution in [0.15, 0.2) is 18.2 Å². The normalized spacial score (nSPS) is 10.2. The van der Waals surface area contributed by atoms with Gasteiger partial charge in [-0.3, -0.25) is 4.79 Å². The minimum absolute atomic E-state index is 0.0419. The van der Waals surface area contributed by atoms with Gasteiger partial charge in [-0.15, -0.1) is 0 Å². The van der Waals surface area contributed by atoms with E-state index < -0.39 is 0 Å². The van der Waals surface area contributed by atoms with E-state index in [-0.39, 0.29) is 5.91 Å². The largest absolute Gasteiger partial charge is 0.495 e. The lowest BCUT2D eigenvalue weighted by Crippen LogP contribution is -2.26. The second-order valence-corrected chi connectivity index (χ2v) is 4.58. The van der Waals surface area contributed by atoms with Gasteiger partial charge in [-0.1, -0.05) is 6.07 Å². The SMILES string of the molecule is COCCCNC(=O)CCNc1cc(C)ccc1OC. The van der Waals surface area contributed by atoms with Gasteiger partial charge in [0.2, 0.25) is 5.91 Å². The quantitative estimate of drug-likeness (QED) is 0.679. The fourth-order valence-corrected chi connectivity index (χ4v) is 1.80. The third-order valence-corrected chi connectivity index (χ3v) is 2.87. The molecule has 1 aromatic rings. The molecule has 0 saturated heterocycles. The number of aryl methyl sites for hydroxylation is 1. The predicted molar refractivity (Wildman–Crippen MR) is 80.3 cm³/mol. The fourth-order valence-electron chi connectivity index (χ4n) is 1.80. The number of carbonyl (C=O) groups is 1. The Balaban J connectivity index is 2.29. The van der Waals surface area contributed by atoms with E-state index in [1.807, 2.05) is 25.1 Å². The first-order chi connectivity index (χ1) is 9.67. The third kappa shape index (κ3) is 5.93. The minimum atomic E-state index is 0.0419. The van der Waals surface area contributed by atoms with Crippen LogP contribution in [0.3, 0.4) is 0 Å². The highest BCUT2D eigenvalue weighted by molar-refractivity contribution is 5.76. The Hall–Kier alpha value is -1.75. The van der Waals surface area contributed by atoms with E-state index in [1.165, 1.54) is 0 Å². The summed E-state index contributed by atoms with van der Waals surface area (Å²) in [7, 11) is 3.29. The maximum atomic E-state index is 11.6. The molecule has 0 spiro atoms. The van der Waals surface area contributed by atoms with Gasteiger partial charge < -0.3 is 20.1 Å². The maximum absolute atomic E-state index is 11.6. The molecule has 0 unspecified atom stereocenters. The Bertz CT molecular complexity index is 422. The Kier molecular flexibility index (Phi) is 7.50. The lowest BCUT2D eigenvalue weighted by Gasteiger charge is -2.12. The van der Waals surface area contributed by atoms with E-state index in [0.29, 0.717) is 26.1 Å². The zero-order valence-corrected chi connectivity index (χ0v) is 12.5. The molecule has 0 aromatic heterocycles. The van der Waals surface area contributed by atoms with E-state index in [9.17, 15) is 4.79 Å². The van der Waals surface area contributed by atoms with Gasteiger partial charge in [0.25, 0.3) is 0 Å². The van der Waals surface area contributed by atoms with Crippen LogP contribution in [-0.2, 0) is 9.53 Å². The molecule has 1 aromatic carbocycles. The summed E-state index contributed by atoms with van der Waals surface area (Å²) in [6.07, 6.45) is 1.27. The van der Waals surface area contributed by atoms with Gasteiger partial charge in [0.1, 0.15) is 5.75 Å². The average Bonchev–Trinajstić information content (AvgIpc) is 2.44. The molecule has 0 bridgehead atoms. The first kappa shape index (κ1) is 16.3. The summed E-state index contributed by atoms with van der Waals surface area (Å²) < 4.78 is 10.2. The summed E-state index contributed by atoms with van der Waals surface area (Å²) in [4.78, 5) is 11.6. The number of anilines is 1. The lowest BCUT2D eigenvalue weighted by atomic mass is 10.2. The number of nitrogens with one attached hydrogen (secondary N) is 2. The first-order valence-electron chi connectivity index (χ1n) is 6.81. The van der Waals surface area contributed by atoms with Gasteiger partial charge in [0.05, 0.1) is 12.8 Å². The predicted octanol–water partition coefficient (Wildman–Crippen LogP) is 1.96. The number of benzene rings is 1. The molecule has 1 rings (SSSR count). The minimum Gasteiger partial charge on any atom is -0.495 e. The van der Waals surface area contributed by atoms with Crippen LogP contribution < -0.4 is 15.4 Å². The Morgan fingerprint density at radius 3 is 2.75 bits per heavy atom. The third-order valence-electron chi connectivity index (χ3n) is 2.87. The molecular formula is C15H24N2O3. The van der Waals surface area contributed by atoms with Gasteiger partial charge in [0.15, 0.2) is 0 Å². The molecule has 0 fully saturated rings. The monoisotopic (exact) mass is 280 g/mol. The lowest BCUT2D eigenvalue weighted by molar-refractivity contribution is -0.120. The van der Waals surface area contributed by atoms with Crippen molar-refractivity contribution in [1.82, 2.24) is 5.32 Å². The van der Waals surface area contributed by atoms with Crippen LogP contribution in [0.4, 0.5) is 5.69 Å². The van der Waals surface area contributed by atoms with Gasteiger partial charge in [-0.25, -0.2) is 0 Å². The smallest absolute Gasteiger partial charge is 0.221 e. The highest BCUT2D eigenvalue weighted by Crippen LogP contribution is 2.24. The average molecular weight is 280 g/mol. The Morgan fingerprint density at radius 2 is 2.05 bits per heavy atom. The Morgan fingerprint density at radius 1 is 1.25 bits per heavy atom. The van der Waals surface area contributed by atoms with E-state index in [0.717, 1.165) is 23.4 Å². The van der Waals surface area contributed by atoms with E-state index in [1.54, 1.807) is 14.2 Å². The molecule has 0 aliphatic carbocycles. The molecular weight excluding hydrogens is 256 g/mol. The molecule has 0 heterocycles. The Labute approximate surface area is 120 Å². The van der Waals surface area contributed by atoms with Gasteiger partial charge >= 0.3 is 0 Å². The van der Waals surface area contributed by atoms with Crippen molar-refractivity contribution in [1.29, 1.82) is 0 Å². The van der Waals surface area contributed by atoms with Crippen molar-refractivity contribution in [2.75, 3.05) is 39.2 Å². The van der Waals surface area contributed by atoms with E-state index >= 15 is 0 Å². The highest BCUT2D eigenvalue weighted by Gasteiger charge is 2.04. The summed E-state index contributed by atoms with van der Waals surface area (Å²) in [5.41, 5.74) is 2.07. The molecule has 2 N–H and O–H groups in total. The van der Waals surface area contributed by atoms with Crippen LogP contribution in [0.5, 0.6) is 5.75 Å². The summed E-state index contributed by atoms with van der Waals surface area (Å²) in [5, 5.41) is 6.08. The second-order valence-electron chi connectivity index (χ2n) is 4.58. The molecule has 0 radical (unpaired) electrons. The van der Waals surface area contributed by atoms with Crippen LogP contribution in [0.1, 0.15) is 18.4 Å². The van der Waals surface area contributed by atoms with Crippen LogP contribution in [0, 0.1) is 6.92 Å². The van der Waals surface area contributed by atoms with Crippen LogP contribution in [0.25, 0.3) is 0 Å². The zero-order chi connectivity index (χ0) is 14.8. The van der Waals surface area contributed by atoms with Crippen molar-refractivity contribution in [3.8, 4) is 5.75 Å². The first-order valence-corrected chi connectivity index (χ1v) is 6.81. The number of hydrogen-bond acceptors (Lipinski definition) is 4. The van der Waals surface area contributed by atoms with Crippen molar-refractivity contribution in [2.45, 2.75) is 19.8 Å². The van der Waals surface area contributed by atoms with Crippen LogP contribution in [0.2, 0.25) is 0 Å². The van der Waals surface area contributed by atoms with Crippen molar-refractivity contribution >= 4 is 11.6 Å². The molecule has 20 heavy (non-hydrogen) atoms. The molecule has 0 aliphatic rings. The van der Waals surface area contributed by atoms with Gasteiger partial charge in [0, 0.05) is 33.2 Å². The van der Waals surface area contributed by atoms with Gasteiger partial charge in [-0.2, -0.15) is 0 Å². The molecule has 0 aliphatic heterocycles. The molecule has 112 valence electrons. The van der Waals surface area contributed by atoms with Gasteiger partial charge in [-0.05, 0) is 31.0 Å². The van der Waals surface area contributed by atoms with Crippen LogP contribution >= 0.6 is 0 Å². The number of methoxy groups -OCH3 is 2. The number of ether oxygens (including phenoxy) is 2. The highest BCUT2D eigenvalue weighted by atomic mass is 16.5. The summed E-state index contributed by atoms with van der Waals surface area (Å²) in [6.45, 7) is 3.92. The second kappa shape index (κ2) is 9.20. The maximum Gasteiger partial charge on any atom is 0.221 e. The van der Waals surface area contributed by atoms with Crippen molar-refractivity contribution in [2.24, 2.45) is 0 Å². The molecule has 0 atom stereocenters.